The summed E-state index contributed by atoms with van der Waals surface area (Å²) in [5.41, 5.74) is 2.77. The lowest BCUT2D eigenvalue weighted by Crippen LogP contribution is -2.50. The fourth-order valence-corrected chi connectivity index (χ4v) is 5.34. The molecule has 2 aliphatic heterocycles. The molecule has 2 heterocycles. The van der Waals surface area contributed by atoms with Crippen molar-refractivity contribution in [3.8, 4) is 6.07 Å². The molecule has 2 aliphatic rings. The van der Waals surface area contributed by atoms with Crippen molar-refractivity contribution >= 4 is 6.03 Å². The second kappa shape index (κ2) is 10.3. The molecule has 0 aliphatic carbocycles. The number of benzene rings is 3. The quantitative estimate of drug-likeness (QED) is 0.520. The van der Waals surface area contributed by atoms with Crippen molar-refractivity contribution in [1.82, 2.24) is 10.2 Å². The van der Waals surface area contributed by atoms with E-state index >= 15 is 0 Å². The van der Waals surface area contributed by atoms with Crippen LogP contribution in [0.2, 0.25) is 0 Å². The lowest BCUT2D eigenvalue weighted by atomic mass is 9.91. The van der Waals surface area contributed by atoms with Crippen LogP contribution in [0, 0.1) is 17.1 Å². The van der Waals surface area contributed by atoms with Gasteiger partial charge in [0.05, 0.1) is 17.6 Å². The van der Waals surface area contributed by atoms with E-state index in [9.17, 15) is 14.4 Å². The lowest BCUT2D eigenvalue weighted by Gasteiger charge is -2.34. The van der Waals surface area contributed by atoms with Crippen LogP contribution < -0.4 is 5.32 Å². The zero-order valence-electron chi connectivity index (χ0n) is 20.9. The first kappa shape index (κ1) is 24.9. The maximum Gasteiger partial charge on any atom is 0.318 e. The third kappa shape index (κ3) is 5.51. The molecule has 37 heavy (non-hydrogen) atoms. The molecule has 7 heteroatoms. The third-order valence-corrected chi connectivity index (χ3v) is 7.00. The maximum atomic E-state index is 14.0. The molecule has 0 spiro atoms. The van der Waals surface area contributed by atoms with E-state index in [-0.39, 0.29) is 36.3 Å². The largest absolute Gasteiger partial charge is 0.342 e. The minimum atomic E-state index is -0.823. The first-order valence-corrected chi connectivity index (χ1v) is 12.5. The number of carbonyl (C=O) groups is 1. The summed E-state index contributed by atoms with van der Waals surface area (Å²) in [6, 6.07) is 25.3. The molecule has 4 atom stereocenters. The summed E-state index contributed by atoms with van der Waals surface area (Å²) >= 11 is 0. The van der Waals surface area contributed by atoms with Gasteiger partial charge in [0.25, 0.3) is 0 Å². The van der Waals surface area contributed by atoms with Gasteiger partial charge in [0.15, 0.2) is 5.79 Å². The minimum Gasteiger partial charge on any atom is -0.342 e. The highest BCUT2D eigenvalue weighted by Gasteiger charge is 2.53. The molecular formula is C30H30FN3O3. The molecule has 0 aromatic heterocycles. The van der Waals surface area contributed by atoms with Gasteiger partial charge in [-0.05, 0) is 55.5 Å². The van der Waals surface area contributed by atoms with Crippen molar-refractivity contribution in [2.24, 2.45) is 0 Å². The predicted octanol–water partition coefficient (Wildman–Crippen LogP) is 4.97. The van der Waals surface area contributed by atoms with Crippen molar-refractivity contribution in [2.75, 3.05) is 0 Å². The normalized spacial score (nSPS) is 24.6. The van der Waals surface area contributed by atoms with Gasteiger partial charge in [-0.1, -0.05) is 66.7 Å². The van der Waals surface area contributed by atoms with Gasteiger partial charge in [-0.15, -0.1) is 0 Å². The summed E-state index contributed by atoms with van der Waals surface area (Å²) in [6.45, 7) is 3.99. The molecule has 0 saturated carbocycles. The molecule has 2 fully saturated rings. The number of hydrogen-bond donors (Lipinski definition) is 1. The van der Waals surface area contributed by atoms with Gasteiger partial charge in [-0.3, -0.25) is 0 Å². The summed E-state index contributed by atoms with van der Waals surface area (Å²) in [7, 11) is 0. The number of fused-ring (bicyclic) bond motifs is 1. The van der Waals surface area contributed by atoms with Crippen LogP contribution in [0.25, 0.3) is 0 Å². The zero-order chi connectivity index (χ0) is 26.0. The monoisotopic (exact) mass is 499 g/mol. The van der Waals surface area contributed by atoms with Crippen LogP contribution >= 0.6 is 0 Å². The fourth-order valence-electron chi connectivity index (χ4n) is 5.34. The summed E-state index contributed by atoms with van der Waals surface area (Å²) in [5.74, 6) is -1.40. The van der Waals surface area contributed by atoms with Crippen LogP contribution in [0.15, 0.2) is 78.9 Å². The van der Waals surface area contributed by atoms with Crippen molar-refractivity contribution in [3.63, 3.8) is 0 Å². The van der Waals surface area contributed by atoms with Gasteiger partial charge in [-0.2, -0.15) is 5.26 Å². The Kier molecular flexibility index (Phi) is 6.96. The van der Waals surface area contributed by atoms with Crippen LogP contribution in [-0.4, -0.2) is 41.0 Å². The van der Waals surface area contributed by atoms with Gasteiger partial charge in [0.2, 0.25) is 0 Å². The highest BCUT2D eigenvalue weighted by atomic mass is 19.1. The Labute approximate surface area is 216 Å². The van der Waals surface area contributed by atoms with E-state index in [2.05, 4.69) is 5.32 Å². The number of hydrogen-bond acceptors (Lipinski definition) is 4. The van der Waals surface area contributed by atoms with E-state index < -0.39 is 17.7 Å². The first-order valence-electron chi connectivity index (χ1n) is 12.5. The Morgan fingerprint density at radius 3 is 2.19 bits per heavy atom. The maximum absolute atomic E-state index is 14.0. The smallest absolute Gasteiger partial charge is 0.318 e. The van der Waals surface area contributed by atoms with Crippen molar-refractivity contribution in [3.05, 3.63) is 107 Å². The number of carbonyl (C=O) groups excluding carboxylic acids is 1. The van der Waals surface area contributed by atoms with Gasteiger partial charge >= 0.3 is 6.03 Å². The number of nitriles is 1. The van der Waals surface area contributed by atoms with Gasteiger partial charge in [0, 0.05) is 6.54 Å². The third-order valence-electron chi connectivity index (χ3n) is 7.00. The van der Waals surface area contributed by atoms with E-state index in [1.807, 2.05) is 80.6 Å². The molecule has 2 saturated heterocycles. The number of amides is 2. The molecule has 0 radical (unpaired) electrons. The molecule has 3 aromatic carbocycles. The zero-order valence-corrected chi connectivity index (χ0v) is 20.9. The molecule has 190 valence electrons. The lowest BCUT2D eigenvalue weighted by molar-refractivity contribution is -0.154. The topological polar surface area (TPSA) is 74.6 Å². The standard InChI is InChI=1S/C30H30FN3O3/c1-30(2)36-27-25(16-20-9-5-3-6-10-20)33-29(35)34(19-22-13-14-24(31)23(15-22)18-32)26(28(27)37-30)17-21-11-7-4-8-12-21/h3-15,25-28H,16-17,19H2,1-2H3,(H,33,35)/t25-,26-,27+,28+/m1/s1. The summed E-state index contributed by atoms with van der Waals surface area (Å²) in [6.07, 6.45) is 0.368. The highest BCUT2D eigenvalue weighted by Crippen LogP contribution is 2.37. The molecular weight excluding hydrogens is 469 g/mol. The summed E-state index contributed by atoms with van der Waals surface area (Å²) in [5, 5.41) is 12.5. The van der Waals surface area contributed by atoms with Gasteiger partial charge in [-0.25, -0.2) is 9.18 Å². The van der Waals surface area contributed by atoms with E-state index in [0.29, 0.717) is 18.4 Å². The van der Waals surface area contributed by atoms with Crippen LogP contribution in [0.4, 0.5) is 9.18 Å². The van der Waals surface area contributed by atoms with Crippen LogP contribution in [0.5, 0.6) is 0 Å². The number of halogens is 1. The van der Waals surface area contributed by atoms with E-state index in [0.717, 1.165) is 11.1 Å². The second-order valence-corrected chi connectivity index (χ2v) is 10.1. The van der Waals surface area contributed by atoms with Crippen LogP contribution in [0.3, 0.4) is 0 Å². The second-order valence-electron chi connectivity index (χ2n) is 10.1. The number of urea groups is 1. The Morgan fingerprint density at radius 2 is 1.54 bits per heavy atom. The van der Waals surface area contributed by atoms with E-state index in [1.54, 1.807) is 11.0 Å². The first-order chi connectivity index (χ1) is 17.8. The van der Waals surface area contributed by atoms with Crippen molar-refractivity contribution in [1.29, 1.82) is 5.26 Å². The molecule has 0 unspecified atom stereocenters. The Bertz CT molecular complexity index is 1290. The van der Waals surface area contributed by atoms with E-state index in [4.69, 9.17) is 9.47 Å². The Morgan fingerprint density at radius 1 is 0.919 bits per heavy atom. The molecule has 6 nitrogen and oxygen atoms in total. The number of ether oxygens (including phenoxy) is 2. The molecule has 5 rings (SSSR count). The summed E-state index contributed by atoms with van der Waals surface area (Å²) < 4.78 is 26.9. The van der Waals surface area contributed by atoms with Gasteiger partial charge < -0.3 is 19.7 Å². The fraction of sp³-hybridized carbons (Fsp3) is 0.333. The Balaban J connectivity index is 1.54. The number of nitrogens with zero attached hydrogens (tertiary/aromatic N) is 2. The average molecular weight is 500 g/mol. The molecule has 0 bridgehead atoms. The van der Waals surface area contributed by atoms with Crippen molar-refractivity contribution < 1.29 is 18.7 Å². The summed E-state index contributed by atoms with van der Waals surface area (Å²) in [4.78, 5) is 15.5. The molecule has 1 N–H and O–H groups in total. The van der Waals surface area contributed by atoms with Crippen LogP contribution in [0.1, 0.15) is 36.1 Å². The number of rotatable bonds is 6. The van der Waals surface area contributed by atoms with E-state index in [1.165, 1.54) is 12.1 Å². The minimum absolute atomic E-state index is 0.0475. The van der Waals surface area contributed by atoms with Crippen LogP contribution in [-0.2, 0) is 28.9 Å². The van der Waals surface area contributed by atoms with Gasteiger partial charge in [0.1, 0.15) is 24.1 Å². The SMILES string of the molecule is CC1(C)O[C@@H]2[C@@H](O1)[C@@H](Cc1ccccc1)NC(=O)N(Cc1ccc(F)c(C#N)c1)[C@@H]2Cc1ccccc1. The average Bonchev–Trinajstić information content (AvgIpc) is 3.19. The molecule has 2 amide bonds. The van der Waals surface area contributed by atoms with Crippen molar-refractivity contribution in [2.45, 2.75) is 63.3 Å². The predicted molar refractivity (Wildman–Crippen MR) is 137 cm³/mol. The highest BCUT2D eigenvalue weighted by molar-refractivity contribution is 5.76. The Hall–Kier alpha value is -3.73. The molecule has 3 aromatic rings. The number of nitrogens with one attached hydrogen (secondary N) is 1.